The zero-order chi connectivity index (χ0) is 4.69. The number of fused-ring (bicyclic) bond motifs is 2. The van der Waals surface area contributed by atoms with Crippen molar-refractivity contribution >= 4 is 0 Å². The Morgan fingerprint density at radius 2 is 2.29 bits per heavy atom. The Kier molecular flexibility index (Phi) is 0.697. The van der Waals surface area contributed by atoms with Crippen LogP contribution in [0.3, 0.4) is 0 Å². The Morgan fingerprint density at radius 1 is 1.29 bits per heavy atom. The maximum atomic E-state index is 2.51. The quantitative estimate of drug-likeness (QED) is 0.431. The minimum atomic E-state index is 1.05. The molecule has 0 saturated heterocycles. The van der Waals surface area contributed by atoms with Gasteiger partial charge in [0, 0.05) is 0 Å². The molecule has 1 unspecified atom stereocenters. The van der Waals surface area contributed by atoms with Gasteiger partial charge >= 0.3 is 0 Å². The summed E-state index contributed by atoms with van der Waals surface area (Å²) < 4.78 is 0. The summed E-state index contributed by atoms with van der Waals surface area (Å²) in [5.74, 6) is 2.16. The average molecular weight is 95.2 g/mol. The monoisotopic (exact) mass is 95.1 g/mol. The van der Waals surface area contributed by atoms with Crippen LogP contribution in [0.4, 0.5) is 0 Å². The van der Waals surface area contributed by atoms with Gasteiger partial charge in [0.2, 0.25) is 0 Å². The molecule has 0 spiro atoms. The van der Waals surface area contributed by atoms with Gasteiger partial charge in [-0.2, -0.15) is 0 Å². The molecule has 1 radical (unpaired) electrons. The average Bonchev–Trinajstić information content (AvgIpc) is 2.22. The molecule has 0 amide bonds. The lowest BCUT2D eigenvalue weighted by atomic mass is 10.0. The highest BCUT2D eigenvalue weighted by molar-refractivity contribution is 4.94. The third-order valence-corrected chi connectivity index (χ3v) is 2.38. The number of hydrogen-bond donors (Lipinski definition) is 0. The molecule has 2 fully saturated rings. The van der Waals surface area contributed by atoms with E-state index in [9.17, 15) is 0 Å². The van der Waals surface area contributed by atoms with Crippen LogP contribution in [0.1, 0.15) is 25.7 Å². The molecule has 0 heterocycles. The van der Waals surface area contributed by atoms with Gasteiger partial charge in [-0.15, -0.1) is 0 Å². The van der Waals surface area contributed by atoms with Gasteiger partial charge in [0.15, 0.2) is 0 Å². The van der Waals surface area contributed by atoms with Crippen LogP contribution in [0, 0.1) is 18.3 Å². The largest absolute Gasteiger partial charge is 0.0502 e. The van der Waals surface area contributed by atoms with E-state index in [1.54, 1.807) is 0 Å². The second kappa shape index (κ2) is 1.24. The molecule has 0 nitrogen and oxygen atoms in total. The topological polar surface area (TPSA) is 0 Å². The van der Waals surface area contributed by atoms with Crippen molar-refractivity contribution in [2.75, 3.05) is 0 Å². The molecule has 0 aromatic rings. The minimum Gasteiger partial charge on any atom is -0.0502 e. The van der Waals surface area contributed by atoms with Gasteiger partial charge in [0.25, 0.3) is 0 Å². The summed E-state index contributed by atoms with van der Waals surface area (Å²) in [7, 11) is 0. The maximum Gasteiger partial charge on any atom is -0.0352 e. The van der Waals surface area contributed by atoms with Gasteiger partial charge in [-0.05, 0) is 37.5 Å². The summed E-state index contributed by atoms with van der Waals surface area (Å²) in [5, 5.41) is 0. The molecule has 39 valence electrons. The maximum absolute atomic E-state index is 2.51. The van der Waals surface area contributed by atoms with Crippen molar-refractivity contribution in [2.24, 2.45) is 11.8 Å². The van der Waals surface area contributed by atoms with Gasteiger partial charge in [-0.3, -0.25) is 0 Å². The lowest BCUT2D eigenvalue weighted by Crippen LogP contribution is -1.92. The lowest BCUT2D eigenvalue weighted by molar-refractivity contribution is 0.557. The molecule has 2 bridgehead atoms. The minimum absolute atomic E-state index is 1.05. The van der Waals surface area contributed by atoms with Gasteiger partial charge in [-0.25, -0.2) is 0 Å². The number of hydrogen-bond acceptors (Lipinski definition) is 0. The normalized spacial score (nSPS) is 48.0. The van der Waals surface area contributed by atoms with E-state index in [4.69, 9.17) is 0 Å². The highest BCUT2D eigenvalue weighted by Gasteiger charge is 2.30. The van der Waals surface area contributed by atoms with Crippen molar-refractivity contribution in [3.8, 4) is 0 Å². The molecule has 0 aliphatic heterocycles. The summed E-state index contributed by atoms with van der Waals surface area (Å²) >= 11 is 0. The van der Waals surface area contributed by atoms with Gasteiger partial charge in [-0.1, -0.05) is 6.42 Å². The van der Waals surface area contributed by atoms with Crippen LogP contribution in [0.5, 0.6) is 0 Å². The summed E-state index contributed by atoms with van der Waals surface area (Å²) in [6.45, 7) is 0. The second-order valence-corrected chi connectivity index (χ2v) is 2.91. The van der Waals surface area contributed by atoms with Crippen LogP contribution in [-0.4, -0.2) is 0 Å². The molecule has 0 heteroatoms. The molecule has 2 rings (SSSR count). The highest BCUT2D eigenvalue weighted by atomic mass is 14.4. The molecule has 7 heavy (non-hydrogen) atoms. The number of rotatable bonds is 0. The predicted octanol–water partition coefficient (Wildman–Crippen LogP) is 2.01. The Hall–Kier alpha value is 0. The first-order valence-electron chi connectivity index (χ1n) is 3.28. The van der Waals surface area contributed by atoms with Gasteiger partial charge < -0.3 is 0 Å². The molecular formula is C7H11. The standard InChI is InChI=1S/C7H11/c1-2-7-4-3-6(1)5-7/h1,6-7H,2-5H2/t6?,7-/m1/s1. The molecule has 0 aromatic heterocycles. The molecule has 0 aromatic carbocycles. The Bertz CT molecular complexity index is 58.1. The van der Waals surface area contributed by atoms with Crippen LogP contribution >= 0.6 is 0 Å². The predicted molar refractivity (Wildman–Crippen MR) is 29.7 cm³/mol. The van der Waals surface area contributed by atoms with Crippen LogP contribution in [-0.2, 0) is 0 Å². The fourth-order valence-electron chi connectivity index (χ4n) is 1.93. The van der Waals surface area contributed by atoms with Crippen molar-refractivity contribution in [1.29, 1.82) is 0 Å². The van der Waals surface area contributed by atoms with Crippen LogP contribution < -0.4 is 0 Å². The zero-order valence-electron chi connectivity index (χ0n) is 4.56. The van der Waals surface area contributed by atoms with E-state index in [1.165, 1.54) is 25.7 Å². The third-order valence-electron chi connectivity index (χ3n) is 2.38. The molecular weight excluding hydrogens is 84.1 g/mol. The molecule has 2 saturated carbocycles. The SMILES string of the molecule is [CH]1C[C@@H]2CCC1C2. The fraction of sp³-hybridized carbons (Fsp3) is 0.857. The molecule has 2 aliphatic rings. The van der Waals surface area contributed by atoms with Crippen LogP contribution in [0.25, 0.3) is 0 Å². The van der Waals surface area contributed by atoms with Crippen molar-refractivity contribution < 1.29 is 0 Å². The third kappa shape index (κ3) is 0.490. The molecule has 0 N–H and O–H groups in total. The summed E-state index contributed by atoms with van der Waals surface area (Å²) in [6, 6.07) is 0. The smallest absolute Gasteiger partial charge is 0.0352 e. The van der Waals surface area contributed by atoms with E-state index < -0.39 is 0 Å². The zero-order valence-corrected chi connectivity index (χ0v) is 4.56. The summed E-state index contributed by atoms with van der Waals surface area (Å²) in [5.41, 5.74) is 0. The van der Waals surface area contributed by atoms with E-state index in [0.29, 0.717) is 0 Å². The Balaban J connectivity index is 2.12. The highest BCUT2D eigenvalue weighted by Crippen LogP contribution is 2.43. The van der Waals surface area contributed by atoms with Crippen molar-refractivity contribution in [3.05, 3.63) is 6.42 Å². The summed E-state index contributed by atoms with van der Waals surface area (Å²) in [6.07, 6.45) is 8.50. The first-order chi connectivity index (χ1) is 3.45. The van der Waals surface area contributed by atoms with Crippen molar-refractivity contribution in [2.45, 2.75) is 25.7 Å². The van der Waals surface area contributed by atoms with Gasteiger partial charge in [0.05, 0.1) is 0 Å². The second-order valence-electron chi connectivity index (χ2n) is 2.91. The van der Waals surface area contributed by atoms with Crippen molar-refractivity contribution in [3.63, 3.8) is 0 Å². The Morgan fingerprint density at radius 3 is 2.43 bits per heavy atom. The van der Waals surface area contributed by atoms with E-state index in [-0.39, 0.29) is 0 Å². The van der Waals surface area contributed by atoms with Gasteiger partial charge in [0.1, 0.15) is 0 Å². The van der Waals surface area contributed by atoms with Crippen LogP contribution in [0.2, 0.25) is 0 Å². The van der Waals surface area contributed by atoms with E-state index >= 15 is 0 Å². The van der Waals surface area contributed by atoms with E-state index in [1.807, 2.05) is 0 Å². The first kappa shape index (κ1) is 3.94. The van der Waals surface area contributed by atoms with Crippen LogP contribution in [0.15, 0.2) is 0 Å². The Labute approximate surface area is 44.9 Å². The van der Waals surface area contributed by atoms with Crippen molar-refractivity contribution in [1.82, 2.24) is 0 Å². The molecule has 2 aliphatic carbocycles. The molecule has 2 atom stereocenters. The van der Waals surface area contributed by atoms with E-state index in [0.717, 1.165) is 11.8 Å². The summed E-state index contributed by atoms with van der Waals surface area (Å²) in [4.78, 5) is 0. The van der Waals surface area contributed by atoms with E-state index in [2.05, 4.69) is 6.42 Å². The lowest BCUT2D eigenvalue weighted by Gasteiger charge is -2.04. The fourth-order valence-corrected chi connectivity index (χ4v) is 1.93. The first-order valence-corrected chi connectivity index (χ1v) is 3.28.